The monoisotopic (exact) mass is 1170 g/mol. The summed E-state index contributed by atoms with van der Waals surface area (Å²) in [5.41, 5.74) is 13.0. The van der Waals surface area contributed by atoms with Crippen LogP contribution in [0.25, 0.3) is 0 Å². The maximum Gasteiger partial charge on any atom is 0.326 e. The molecule has 1 heterocycles. The molecule has 0 unspecified atom stereocenters. The highest BCUT2D eigenvalue weighted by Crippen LogP contribution is 2.21. The normalized spacial score (nSPS) is 16.6. The molecule has 0 saturated carbocycles. The van der Waals surface area contributed by atoms with Crippen molar-refractivity contribution in [3.05, 3.63) is 71.8 Å². The van der Waals surface area contributed by atoms with Crippen molar-refractivity contribution in [3.8, 4) is 0 Å². The highest BCUT2D eigenvalue weighted by Gasteiger charge is 2.42. The van der Waals surface area contributed by atoms with Crippen LogP contribution in [0.4, 0.5) is 0 Å². The van der Waals surface area contributed by atoms with Gasteiger partial charge in [0, 0.05) is 19.4 Å². The average molecular weight is 1170 g/mol. The summed E-state index contributed by atoms with van der Waals surface area (Å²) in [6.45, 7) is 6.84. The number of amides is 11. The van der Waals surface area contributed by atoms with Gasteiger partial charge in [-0.1, -0.05) is 88.4 Å². The number of primary amides is 1. The number of hydrogen-bond acceptors (Lipinski definition) is 16. The van der Waals surface area contributed by atoms with Gasteiger partial charge in [-0.3, -0.25) is 57.5 Å². The molecule has 29 nitrogen and oxygen atoms in total. The summed E-state index contributed by atoms with van der Waals surface area (Å²) in [6, 6.07) is 2.72. The molecule has 0 aromatic heterocycles. The first kappa shape index (κ1) is 68.7. The number of nitrogens with zero attached hydrogens (tertiary/aromatic N) is 1. The van der Waals surface area contributed by atoms with Gasteiger partial charge in [0.25, 0.3) is 0 Å². The van der Waals surface area contributed by atoms with Crippen LogP contribution in [0.15, 0.2) is 60.7 Å². The second-order valence-electron chi connectivity index (χ2n) is 20.7. The van der Waals surface area contributed by atoms with Crippen molar-refractivity contribution >= 4 is 76.9 Å². The number of nitrogens with two attached hydrogens (primary N) is 2. The molecule has 0 radical (unpaired) electrons. The lowest BCUT2D eigenvalue weighted by Crippen LogP contribution is -2.62. The number of carbonyl (C=O) groups excluding carboxylic acids is 11. The Morgan fingerprint density at radius 3 is 1.65 bits per heavy atom. The number of carboxylic acid groups (broad SMARTS) is 2. The van der Waals surface area contributed by atoms with Crippen LogP contribution in [-0.2, 0) is 75.2 Å². The van der Waals surface area contributed by atoms with E-state index in [0.717, 1.165) is 12.5 Å². The predicted molar refractivity (Wildman–Crippen MR) is 294 cm³/mol. The van der Waals surface area contributed by atoms with Crippen LogP contribution in [0.1, 0.15) is 84.8 Å². The molecule has 1 aliphatic rings. The number of hydrogen-bond donors (Lipinski definition) is 15. The summed E-state index contributed by atoms with van der Waals surface area (Å²) in [5, 5.41) is 60.7. The quantitative estimate of drug-likeness (QED) is 0.0319. The number of aliphatic carboxylic acids is 2. The lowest BCUT2D eigenvalue weighted by atomic mass is 10.00. The smallest absolute Gasteiger partial charge is 0.326 e. The molecule has 1 aliphatic heterocycles. The summed E-state index contributed by atoms with van der Waals surface area (Å²) in [6.07, 6.45) is -3.11. The van der Waals surface area contributed by atoms with Crippen molar-refractivity contribution in [1.29, 1.82) is 0 Å². The number of likely N-dealkylation sites (tertiary alicyclic amines) is 1. The van der Waals surface area contributed by atoms with E-state index < -0.39 is 188 Å². The molecule has 3 rings (SSSR count). The first-order valence-electron chi connectivity index (χ1n) is 26.9. The van der Waals surface area contributed by atoms with Crippen LogP contribution in [0.3, 0.4) is 0 Å². The van der Waals surface area contributed by atoms with E-state index in [4.69, 9.17) is 11.5 Å². The van der Waals surface area contributed by atoms with Crippen LogP contribution in [0, 0.1) is 11.8 Å². The Morgan fingerprint density at radius 2 is 1.12 bits per heavy atom. The molecule has 0 aliphatic carbocycles. The number of rotatable bonds is 33. The lowest BCUT2D eigenvalue weighted by Gasteiger charge is -2.32. The van der Waals surface area contributed by atoms with Gasteiger partial charge in [-0.25, -0.2) is 4.79 Å². The molecule has 29 heteroatoms. The topological polar surface area (TPSA) is 466 Å². The summed E-state index contributed by atoms with van der Waals surface area (Å²) in [5.74, 6) is -14.7. The van der Waals surface area contributed by atoms with E-state index in [9.17, 15) is 82.8 Å². The summed E-state index contributed by atoms with van der Waals surface area (Å²) in [4.78, 5) is 171. The zero-order valence-corrected chi connectivity index (χ0v) is 47.0. The fourth-order valence-electron chi connectivity index (χ4n) is 8.58. The van der Waals surface area contributed by atoms with Gasteiger partial charge in [0.15, 0.2) is 0 Å². The van der Waals surface area contributed by atoms with Crippen LogP contribution >= 0.6 is 0 Å². The van der Waals surface area contributed by atoms with E-state index in [-0.39, 0.29) is 25.8 Å². The van der Waals surface area contributed by atoms with E-state index in [0.29, 0.717) is 12.0 Å². The largest absolute Gasteiger partial charge is 0.481 e. The number of carboxylic acids is 2. The molecular weight excluding hydrogens is 1090 g/mol. The van der Waals surface area contributed by atoms with E-state index in [1.54, 1.807) is 68.4 Å². The van der Waals surface area contributed by atoms with E-state index in [1.807, 2.05) is 6.07 Å². The predicted octanol–water partition coefficient (Wildman–Crippen LogP) is -4.69. The fraction of sp³-hybridized carbons (Fsp3) is 0.537. The van der Waals surface area contributed by atoms with Gasteiger partial charge in [0.2, 0.25) is 65.0 Å². The third-order valence-corrected chi connectivity index (χ3v) is 13.2. The third kappa shape index (κ3) is 22.4. The van der Waals surface area contributed by atoms with Gasteiger partial charge in [0.05, 0.1) is 31.7 Å². The lowest BCUT2D eigenvalue weighted by molar-refractivity contribution is -0.143. The van der Waals surface area contributed by atoms with Crippen LogP contribution < -0.4 is 59.3 Å². The SMILES string of the molecule is CC(C)[C@H](NC(=O)[C@H](CC(N)=O)NC(=O)[C@@H](NC(=O)[C@@H]1CCCN1C(=O)[C@@H](NC(=O)[C@@H](N)Cc1ccccc1)C(C)C)[C@@H](C)O)C(=O)NCC(=O)N[C@@H](CO)C(=O)N[C@@H](CCC(=O)O)C(=O)N[C@@H](C)C(=O)N[C@@H](Cc1ccccc1)C(=O)O. The molecule has 1 saturated heterocycles. The molecular formula is C54H78N12O17. The molecule has 11 amide bonds. The zero-order chi connectivity index (χ0) is 62.2. The number of aliphatic hydroxyl groups is 2. The highest BCUT2D eigenvalue weighted by molar-refractivity contribution is 5.99. The minimum atomic E-state index is -1.82. The van der Waals surface area contributed by atoms with E-state index in [1.165, 1.54) is 25.7 Å². The van der Waals surface area contributed by atoms with Crippen molar-refractivity contribution in [1.82, 2.24) is 52.8 Å². The third-order valence-electron chi connectivity index (χ3n) is 13.2. The number of benzene rings is 2. The maximum absolute atomic E-state index is 14.0. The minimum absolute atomic E-state index is 0.0994. The molecule has 83 heavy (non-hydrogen) atoms. The Hall–Kier alpha value is -8.57. The number of aliphatic hydroxyl groups excluding tert-OH is 2. The Morgan fingerprint density at radius 1 is 0.590 bits per heavy atom. The number of carbonyl (C=O) groups is 13. The van der Waals surface area contributed by atoms with Crippen LogP contribution in [0.5, 0.6) is 0 Å². The second-order valence-corrected chi connectivity index (χ2v) is 20.7. The van der Waals surface area contributed by atoms with Crippen LogP contribution in [0.2, 0.25) is 0 Å². The van der Waals surface area contributed by atoms with Gasteiger partial charge in [-0.2, -0.15) is 0 Å². The molecule has 1 fully saturated rings. The molecule has 2 aromatic carbocycles. The van der Waals surface area contributed by atoms with Crippen LogP contribution in [-0.4, -0.2) is 188 Å². The molecule has 17 N–H and O–H groups in total. The van der Waals surface area contributed by atoms with Gasteiger partial charge in [-0.15, -0.1) is 0 Å². The number of nitrogens with one attached hydrogen (secondary N) is 9. The van der Waals surface area contributed by atoms with E-state index >= 15 is 0 Å². The van der Waals surface area contributed by atoms with Crippen molar-refractivity contribution in [2.45, 2.75) is 153 Å². The first-order valence-corrected chi connectivity index (χ1v) is 26.9. The molecule has 2 aromatic rings. The Bertz CT molecular complexity index is 2630. The van der Waals surface area contributed by atoms with Gasteiger partial charge < -0.3 is 84.6 Å². The molecule has 0 bridgehead atoms. The Balaban J connectivity index is 1.64. The minimum Gasteiger partial charge on any atom is -0.481 e. The Kier molecular flexibility index (Phi) is 27.6. The van der Waals surface area contributed by atoms with E-state index in [2.05, 4.69) is 47.9 Å². The summed E-state index contributed by atoms with van der Waals surface area (Å²) in [7, 11) is 0. The highest BCUT2D eigenvalue weighted by atomic mass is 16.4. The first-order chi connectivity index (χ1) is 39.0. The zero-order valence-electron chi connectivity index (χ0n) is 47.0. The standard InChI is InChI=1S/C54H78N12O17/c1-27(2)42(51(79)57-25-40(70)59-37(26-67)49(77)60-34(19-20-41(71)72)47(75)58-29(5)45(73)62-36(54(82)83)23-32-16-11-8-12-17-32)63-48(76)35(24-39(56)69)61-52(80)44(30(6)68)65-50(78)38-18-13-21-66(38)53(81)43(28(3)4)64-46(74)33(55)22-31-14-9-7-10-15-31/h7-12,14-17,27-30,33-38,42-44,67-68H,13,18-26,55H2,1-6H3,(H2,56,69)(H,57,79)(H,58,75)(H,59,70)(H,60,77)(H,61,80)(H,62,73)(H,63,76)(H,64,74)(H,65,78)(H,71,72)(H,82,83)/t29-,30+,33-,34-,35-,36-,37-,38-,42-,43-,44-/m0/s1. The molecule has 0 spiro atoms. The summed E-state index contributed by atoms with van der Waals surface area (Å²) >= 11 is 0. The second kappa shape index (κ2) is 33.4. The molecule has 11 atom stereocenters. The fourth-order valence-corrected chi connectivity index (χ4v) is 8.58. The van der Waals surface area contributed by atoms with Crippen molar-refractivity contribution in [2.24, 2.45) is 23.3 Å². The van der Waals surface area contributed by atoms with Crippen molar-refractivity contribution < 1.29 is 82.8 Å². The average Bonchev–Trinajstić information content (AvgIpc) is 4.13. The molecule has 456 valence electrons. The van der Waals surface area contributed by atoms with Crippen molar-refractivity contribution in [3.63, 3.8) is 0 Å². The summed E-state index contributed by atoms with van der Waals surface area (Å²) < 4.78 is 0. The van der Waals surface area contributed by atoms with Gasteiger partial charge in [-0.05, 0) is 62.5 Å². The van der Waals surface area contributed by atoms with Gasteiger partial charge in [0.1, 0.15) is 54.4 Å². The maximum atomic E-state index is 14.0. The van der Waals surface area contributed by atoms with Gasteiger partial charge >= 0.3 is 11.9 Å². The van der Waals surface area contributed by atoms with Crippen molar-refractivity contribution in [2.75, 3.05) is 19.7 Å². The Labute approximate surface area is 478 Å².